The summed E-state index contributed by atoms with van der Waals surface area (Å²) in [7, 11) is -4.82. The Morgan fingerprint density at radius 1 is 0.487 bits per heavy atom. The zero-order chi connectivity index (χ0) is 57.8. The molecule has 0 saturated carbocycles. The van der Waals surface area contributed by atoms with Crippen molar-refractivity contribution in [2.75, 3.05) is 51.2 Å². The zero-order valence-electron chi connectivity index (χ0n) is 44.0. The molecule has 3 aliphatic rings. The van der Waals surface area contributed by atoms with Gasteiger partial charge in [-0.05, 0) is 163 Å². The summed E-state index contributed by atoms with van der Waals surface area (Å²) < 4.78 is 68.8. The molecular formula is C58H52BBr2N5O12S2. The van der Waals surface area contributed by atoms with E-state index in [0.717, 1.165) is 55.0 Å². The molecule has 11 rings (SSSR count). The van der Waals surface area contributed by atoms with Gasteiger partial charge in [-0.2, -0.15) is 0 Å². The summed E-state index contributed by atoms with van der Waals surface area (Å²) in [6, 6.07) is 46.4. The standard InChI is InChI=1S/C22H20N2O4S.C15H12BrNO2.C14H10BrNO2.C7H10BNO4S/c1-14-7-9-21-19(11-14)24(2)22(25)18-13-16(8-10-20(18)28-21)15-5-4-6-17(12-15)23-29(3,26)27;1-9-3-5-14-12(7-9)17(2)15(18)11-8-10(16)4-6-13(11)19-14;1-8-2-4-13-11(6-8)16-14(17)10-7-9(15)3-5-12(10)18-13;1-14(12,13)9-7-4-2-3-6(5-7)8(10)11/h4-13,23H,1-3H3;3-8H,1-2H3;2-7H,1H3,(H,16,17);2-5,9-11H,1H3. The third-order valence-corrected chi connectivity index (χ3v) is 14.4. The first-order chi connectivity index (χ1) is 37.8. The number of sulfonamides is 2. The number of anilines is 5. The predicted octanol–water partition coefficient (Wildman–Crippen LogP) is 11.4. The fraction of sp³-hybridized carbons (Fsp3) is 0.121. The maximum Gasteiger partial charge on any atom is 0.488 e. The van der Waals surface area contributed by atoms with E-state index in [9.17, 15) is 31.2 Å². The second-order valence-corrected chi connectivity index (χ2v) is 24.1. The number of aryl methyl sites for hydroxylation is 3. The third-order valence-electron chi connectivity index (χ3n) is 12.2. The molecule has 0 spiro atoms. The summed E-state index contributed by atoms with van der Waals surface area (Å²) in [4.78, 5) is 40.9. The van der Waals surface area contributed by atoms with Crippen molar-refractivity contribution in [2.24, 2.45) is 0 Å². The van der Waals surface area contributed by atoms with E-state index in [4.69, 9.17) is 24.3 Å². The van der Waals surface area contributed by atoms with E-state index < -0.39 is 27.2 Å². The average Bonchev–Trinajstić information content (AvgIpc) is 3.66. The summed E-state index contributed by atoms with van der Waals surface area (Å²) in [5.41, 5.74) is 9.51. The van der Waals surface area contributed by atoms with Crippen LogP contribution >= 0.6 is 31.9 Å². The molecule has 0 aliphatic carbocycles. The van der Waals surface area contributed by atoms with Crippen molar-refractivity contribution in [3.05, 3.63) is 200 Å². The first-order valence-electron chi connectivity index (χ1n) is 24.3. The smallest absolute Gasteiger partial charge is 0.454 e. The van der Waals surface area contributed by atoms with Crippen LogP contribution in [0.5, 0.6) is 34.5 Å². The van der Waals surface area contributed by atoms with Gasteiger partial charge in [-0.3, -0.25) is 23.8 Å². The number of nitrogens with zero attached hydrogens (tertiary/aromatic N) is 2. The number of halogens is 2. The van der Waals surface area contributed by atoms with E-state index in [2.05, 4.69) is 46.6 Å². The summed E-state index contributed by atoms with van der Waals surface area (Å²) >= 11 is 6.74. The number of hydrogen-bond donors (Lipinski definition) is 5. The molecule has 22 heteroatoms. The van der Waals surface area contributed by atoms with E-state index in [-0.39, 0.29) is 23.2 Å². The van der Waals surface area contributed by atoms with Gasteiger partial charge in [-0.25, -0.2) is 16.8 Å². The van der Waals surface area contributed by atoms with Crippen LogP contribution in [0.25, 0.3) is 11.1 Å². The molecule has 0 saturated heterocycles. The highest BCUT2D eigenvalue weighted by molar-refractivity contribution is 9.10. The van der Waals surface area contributed by atoms with E-state index in [1.807, 2.05) is 99.6 Å². The minimum Gasteiger partial charge on any atom is -0.454 e. The van der Waals surface area contributed by atoms with Crippen LogP contribution in [0.15, 0.2) is 167 Å². The van der Waals surface area contributed by atoms with Crippen LogP contribution in [0, 0.1) is 20.8 Å². The number of hydrogen-bond acceptors (Lipinski definition) is 12. The first kappa shape index (κ1) is 58.2. The molecule has 3 heterocycles. The number of carbonyl (C=O) groups excluding carboxylic acids is 3. The molecule has 410 valence electrons. The highest BCUT2D eigenvalue weighted by Gasteiger charge is 2.28. The number of ether oxygens (including phenoxy) is 3. The Morgan fingerprint density at radius 2 is 0.912 bits per heavy atom. The molecule has 0 radical (unpaired) electrons. The monoisotopic (exact) mass is 1240 g/mol. The van der Waals surface area contributed by atoms with Gasteiger partial charge in [0.15, 0.2) is 17.2 Å². The lowest BCUT2D eigenvalue weighted by Gasteiger charge is -2.16. The maximum atomic E-state index is 13.1. The third kappa shape index (κ3) is 14.4. The zero-order valence-corrected chi connectivity index (χ0v) is 48.8. The van der Waals surface area contributed by atoms with Gasteiger partial charge < -0.3 is 39.4 Å². The number of nitrogens with one attached hydrogen (secondary N) is 3. The van der Waals surface area contributed by atoms with Gasteiger partial charge in [0.25, 0.3) is 17.7 Å². The SMILES string of the molecule is CS(=O)(=O)Nc1cccc(B(O)O)c1.Cc1ccc2c(c1)N(C)C(=O)c1cc(-c3cccc(NS(C)(=O)=O)c3)ccc1O2.Cc1ccc2c(c1)N(C)C(=O)c1cc(Br)ccc1O2.Cc1ccc2c(c1)NC(=O)c1cc(Br)ccc1O2. The second kappa shape index (κ2) is 24.2. The summed E-state index contributed by atoms with van der Waals surface area (Å²) in [5, 5.41) is 20.5. The van der Waals surface area contributed by atoms with Gasteiger partial charge in [0.2, 0.25) is 20.0 Å². The van der Waals surface area contributed by atoms with E-state index in [1.54, 1.807) is 78.5 Å². The largest absolute Gasteiger partial charge is 0.488 e. The number of rotatable bonds is 6. The number of amides is 3. The molecule has 3 aliphatic heterocycles. The van der Waals surface area contributed by atoms with Gasteiger partial charge in [-0.1, -0.05) is 80.4 Å². The van der Waals surface area contributed by atoms with Crippen molar-refractivity contribution in [1.29, 1.82) is 0 Å². The Labute approximate surface area is 480 Å². The van der Waals surface area contributed by atoms with E-state index in [0.29, 0.717) is 73.9 Å². The van der Waals surface area contributed by atoms with Crippen LogP contribution in [0.4, 0.5) is 28.4 Å². The molecule has 5 N–H and O–H groups in total. The molecule has 0 bridgehead atoms. The molecule has 17 nitrogen and oxygen atoms in total. The van der Waals surface area contributed by atoms with Crippen LogP contribution in [0.3, 0.4) is 0 Å². The molecule has 0 atom stereocenters. The lowest BCUT2D eigenvalue weighted by molar-refractivity contribution is 0.0985. The fourth-order valence-corrected chi connectivity index (χ4v) is 10.2. The normalized spacial score (nSPS) is 12.8. The molecule has 0 unspecified atom stereocenters. The maximum absolute atomic E-state index is 13.1. The van der Waals surface area contributed by atoms with Gasteiger partial charge in [-0.15, -0.1) is 0 Å². The predicted molar refractivity (Wildman–Crippen MR) is 321 cm³/mol. The molecule has 0 aromatic heterocycles. The quantitative estimate of drug-likeness (QED) is 0.0979. The van der Waals surface area contributed by atoms with E-state index >= 15 is 0 Å². The summed E-state index contributed by atoms with van der Waals surface area (Å²) in [6.07, 6.45) is 2.13. The van der Waals surface area contributed by atoms with Crippen molar-refractivity contribution < 1.29 is 55.5 Å². The first-order valence-corrected chi connectivity index (χ1v) is 29.6. The topological polar surface area (TPSA) is 230 Å². The Hall–Kier alpha value is -7.99. The lowest BCUT2D eigenvalue weighted by atomic mass is 9.80. The van der Waals surface area contributed by atoms with Crippen molar-refractivity contribution in [3.63, 3.8) is 0 Å². The van der Waals surface area contributed by atoms with Crippen LogP contribution in [0.1, 0.15) is 47.8 Å². The molecule has 8 aromatic rings. The lowest BCUT2D eigenvalue weighted by Crippen LogP contribution is -2.29. The molecular weight excluding hydrogens is 1190 g/mol. The van der Waals surface area contributed by atoms with Crippen LogP contribution in [-0.2, 0) is 20.0 Å². The molecule has 8 aromatic carbocycles. The highest BCUT2D eigenvalue weighted by Crippen LogP contribution is 2.42. The Bertz CT molecular complexity index is 3980. The summed E-state index contributed by atoms with van der Waals surface area (Å²) in [5.74, 6) is 3.22. The van der Waals surface area contributed by atoms with Gasteiger partial charge in [0.1, 0.15) is 17.2 Å². The molecule has 0 fully saturated rings. The molecule has 3 amide bonds. The van der Waals surface area contributed by atoms with E-state index in [1.165, 1.54) is 24.3 Å². The van der Waals surface area contributed by atoms with Gasteiger partial charge in [0.05, 0.1) is 46.3 Å². The van der Waals surface area contributed by atoms with Crippen LogP contribution < -0.4 is 44.2 Å². The van der Waals surface area contributed by atoms with Crippen molar-refractivity contribution in [3.8, 4) is 45.6 Å². The van der Waals surface area contributed by atoms with Crippen molar-refractivity contribution in [1.82, 2.24) is 0 Å². The number of benzene rings is 8. The Kier molecular flexibility index (Phi) is 17.6. The van der Waals surface area contributed by atoms with Crippen LogP contribution in [-0.4, -0.2) is 78.3 Å². The van der Waals surface area contributed by atoms with Crippen molar-refractivity contribution in [2.45, 2.75) is 20.8 Å². The number of carbonyl (C=O) groups is 3. The Balaban J connectivity index is 0.000000146. The van der Waals surface area contributed by atoms with Gasteiger partial charge in [0, 0.05) is 34.4 Å². The fourth-order valence-electron chi connectivity index (χ4n) is 8.35. The van der Waals surface area contributed by atoms with Crippen molar-refractivity contribution >= 4 is 111 Å². The Morgan fingerprint density at radius 3 is 1.45 bits per heavy atom. The minimum absolute atomic E-state index is 0.0688. The van der Waals surface area contributed by atoms with Crippen LogP contribution in [0.2, 0.25) is 0 Å². The molecule has 80 heavy (non-hydrogen) atoms. The second-order valence-electron chi connectivity index (χ2n) is 18.8. The minimum atomic E-state index is -3.38. The summed E-state index contributed by atoms with van der Waals surface area (Å²) in [6.45, 7) is 5.93. The number of fused-ring (bicyclic) bond motifs is 6. The highest BCUT2D eigenvalue weighted by atomic mass is 79.9. The average molecular weight is 1250 g/mol. The van der Waals surface area contributed by atoms with Gasteiger partial charge >= 0.3 is 7.12 Å².